The van der Waals surface area contributed by atoms with Crippen molar-refractivity contribution in [1.29, 1.82) is 0 Å². The molecule has 0 aliphatic rings. The van der Waals surface area contributed by atoms with Crippen molar-refractivity contribution in [1.82, 2.24) is 4.98 Å². The Bertz CT molecular complexity index is 856. The second-order valence-electron chi connectivity index (χ2n) is 5.03. The smallest absolute Gasteiger partial charge is 0.241 e. The number of anilines is 2. The van der Waals surface area contributed by atoms with Gasteiger partial charge in [0.25, 0.3) is 0 Å². The molecule has 0 bridgehead atoms. The van der Waals surface area contributed by atoms with E-state index in [1.54, 1.807) is 18.2 Å². The van der Waals surface area contributed by atoms with Crippen molar-refractivity contribution in [3.63, 3.8) is 0 Å². The largest absolute Gasteiger partial charge is 0.368 e. The molecular weight excluding hydrogens is 352 g/mol. The summed E-state index contributed by atoms with van der Waals surface area (Å²) in [6.07, 6.45) is 1.55. The molecule has 0 saturated carbocycles. The highest BCUT2D eigenvalue weighted by Crippen LogP contribution is 2.23. The third-order valence-electron chi connectivity index (χ3n) is 3.26. The number of amides is 1. The number of nitrogens with zero attached hydrogens (tertiary/aromatic N) is 1. The number of nitrogens with one attached hydrogen (secondary N) is 2. The lowest BCUT2D eigenvalue weighted by atomic mass is 10.2. The van der Waals surface area contributed by atoms with Crippen LogP contribution in [0.5, 0.6) is 0 Å². The molecule has 1 aromatic heterocycles. The summed E-state index contributed by atoms with van der Waals surface area (Å²) in [4.78, 5) is 15.8. The predicted molar refractivity (Wildman–Crippen MR) is 93.5 cm³/mol. The van der Waals surface area contributed by atoms with Gasteiger partial charge in [-0.05, 0) is 36.8 Å². The molecular formula is C15H17ClN4O3S. The molecule has 0 atom stereocenters. The zero-order valence-electron chi connectivity index (χ0n) is 12.9. The maximum Gasteiger partial charge on any atom is 0.241 e. The summed E-state index contributed by atoms with van der Waals surface area (Å²) in [5.41, 5.74) is 1.41. The van der Waals surface area contributed by atoms with E-state index < -0.39 is 10.0 Å². The van der Waals surface area contributed by atoms with E-state index in [9.17, 15) is 13.2 Å². The van der Waals surface area contributed by atoms with Crippen LogP contribution in [0.3, 0.4) is 0 Å². The highest BCUT2D eigenvalue weighted by molar-refractivity contribution is 7.89. The summed E-state index contributed by atoms with van der Waals surface area (Å²) < 4.78 is 22.9. The zero-order chi connectivity index (χ0) is 17.7. The normalized spacial score (nSPS) is 11.1. The van der Waals surface area contributed by atoms with Gasteiger partial charge < -0.3 is 10.6 Å². The Balaban J connectivity index is 1.96. The molecule has 7 nitrogen and oxygen atoms in total. The number of pyridine rings is 1. The van der Waals surface area contributed by atoms with Crippen LogP contribution in [-0.4, -0.2) is 25.9 Å². The van der Waals surface area contributed by atoms with Gasteiger partial charge in [-0.1, -0.05) is 17.7 Å². The van der Waals surface area contributed by atoms with Gasteiger partial charge in [0.1, 0.15) is 10.7 Å². The fourth-order valence-corrected chi connectivity index (χ4v) is 2.84. The van der Waals surface area contributed by atoms with E-state index >= 15 is 0 Å². The Labute approximate surface area is 145 Å². The quantitative estimate of drug-likeness (QED) is 0.722. The number of hydrogen-bond acceptors (Lipinski definition) is 5. The van der Waals surface area contributed by atoms with Crippen molar-refractivity contribution < 1.29 is 13.2 Å². The Kier molecular flexibility index (Phi) is 5.76. The molecule has 1 heterocycles. The third-order valence-corrected chi connectivity index (χ3v) is 4.62. The molecule has 0 aliphatic heterocycles. The first-order valence-corrected chi connectivity index (χ1v) is 8.98. The first-order valence-electron chi connectivity index (χ1n) is 7.05. The molecule has 1 aromatic carbocycles. The lowest BCUT2D eigenvalue weighted by Crippen LogP contribution is -2.19. The van der Waals surface area contributed by atoms with Gasteiger partial charge in [-0.3, -0.25) is 4.79 Å². The number of benzene rings is 1. The number of hydrogen-bond donors (Lipinski definition) is 3. The summed E-state index contributed by atoms with van der Waals surface area (Å²) >= 11 is 6.00. The molecule has 1 amide bonds. The molecule has 24 heavy (non-hydrogen) atoms. The van der Waals surface area contributed by atoms with Gasteiger partial charge in [0.15, 0.2) is 0 Å². The second-order valence-corrected chi connectivity index (χ2v) is 6.97. The fourth-order valence-electron chi connectivity index (χ4n) is 2.00. The van der Waals surface area contributed by atoms with Crippen LogP contribution >= 0.6 is 11.6 Å². The van der Waals surface area contributed by atoms with Crippen LogP contribution in [0.1, 0.15) is 12.0 Å². The number of nitrogens with two attached hydrogens (primary N) is 1. The van der Waals surface area contributed by atoms with E-state index in [-0.39, 0.29) is 29.6 Å². The lowest BCUT2D eigenvalue weighted by Gasteiger charge is -2.11. The average Bonchev–Trinajstić information content (AvgIpc) is 2.51. The van der Waals surface area contributed by atoms with Crippen molar-refractivity contribution in [2.75, 3.05) is 17.2 Å². The van der Waals surface area contributed by atoms with Gasteiger partial charge in [-0.2, -0.15) is 0 Å². The summed E-state index contributed by atoms with van der Waals surface area (Å²) in [5, 5.41) is 11.3. The van der Waals surface area contributed by atoms with Crippen LogP contribution in [0.2, 0.25) is 5.02 Å². The molecule has 0 spiro atoms. The Morgan fingerprint density at radius 2 is 2.04 bits per heavy atom. The average molecular weight is 369 g/mol. The van der Waals surface area contributed by atoms with Crippen LogP contribution in [-0.2, 0) is 14.8 Å². The number of rotatable bonds is 6. The monoisotopic (exact) mass is 368 g/mol. The summed E-state index contributed by atoms with van der Waals surface area (Å²) in [5.74, 6) is -0.118. The number of carbonyl (C=O) groups excluding carboxylic acids is 1. The van der Waals surface area contributed by atoms with Crippen molar-refractivity contribution in [3.8, 4) is 0 Å². The first kappa shape index (κ1) is 18.2. The summed E-state index contributed by atoms with van der Waals surface area (Å²) in [7, 11) is -3.88. The number of carbonyl (C=O) groups is 1. The maximum atomic E-state index is 12.0. The fraction of sp³-hybridized carbons (Fsp3) is 0.200. The number of primary sulfonamides is 1. The molecule has 2 aromatic rings. The van der Waals surface area contributed by atoms with E-state index in [0.29, 0.717) is 10.7 Å². The van der Waals surface area contributed by atoms with E-state index in [2.05, 4.69) is 15.6 Å². The number of sulfonamides is 1. The molecule has 0 radical (unpaired) electrons. The van der Waals surface area contributed by atoms with E-state index in [1.165, 1.54) is 18.3 Å². The van der Waals surface area contributed by atoms with Crippen LogP contribution in [0.15, 0.2) is 41.4 Å². The topological polar surface area (TPSA) is 114 Å². The zero-order valence-corrected chi connectivity index (χ0v) is 14.5. The van der Waals surface area contributed by atoms with Crippen LogP contribution in [0.4, 0.5) is 11.5 Å². The highest BCUT2D eigenvalue weighted by Gasteiger charge is 2.14. The number of aromatic nitrogens is 1. The summed E-state index contributed by atoms with van der Waals surface area (Å²) in [6.45, 7) is 2.01. The summed E-state index contributed by atoms with van der Waals surface area (Å²) in [6, 6.07) is 8.06. The second kappa shape index (κ2) is 7.61. The minimum Gasteiger partial charge on any atom is -0.368 e. The molecule has 2 rings (SSSR count). The molecule has 0 fully saturated rings. The molecule has 0 aliphatic carbocycles. The highest BCUT2D eigenvalue weighted by atomic mass is 35.5. The standard InChI is InChI=1S/C15H17ClN4O3S/c1-10-11(16)4-2-5-12(10)20-14(21)7-9-19-15-13(24(17,22)23)6-3-8-18-15/h2-6,8H,7,9H2,1H3,(H,18,19)(H,20,21)(H2,17,22,23). The molecule has 0 saturated heterocycles. The van der Waals surface area contributed by atoms with E-state index in [0.717, 1.165) is 5.56 Å². The molecule has 4 N–H and O–H groups in total. The van der Waals surface area contributed by atoms with Gasteiger partial charge in [0.2, 0.25) is 15.9 Å². The van der Waals surface area contributed by atoms with E-state index in [4.69, 9.17) is 16.7 Å². The Morgan fingerprint density at radius 3 is 2.75 bits per heavy atom. The lowest BCUT2D eigenvalue weighted by molar-refractivity contribution is -0.115. The van der Waals surface area contributed by atoms with Gasteiger partial charge in [0, 0.05) is 29.9 Å². The van der Waals surface area contributed by atoms with Gasteiger partial charge in [-0.25, -0.2) is 18.5 Å². The Morgan fingerprint density at radius 1 is 1.29 bits per heavy atom. The third kappa shape index (κ3) is 4.67. The van der Waals surface area contributed by atoms with Crippen LogP contribution < -0.4 is 15.8 Å². The minimum atomic E-state index is -3.88. The van der Waals surface area contributed by atoms with Crippen LogP contribution in [0, 0.1) is 6.92 Å². The van der Waals surface area contributed by atoms with Crippen LogP contribution in [0.25, 0.3) is 0 Å². The molecule has 9 heteroatoms. The van der Waals surface area contributed by atoms with Crippen molar-refractivity contribution >= 4 is 39.0 Å². The maximum absolute atomic E-state index is 12.0. The SMILES string of the molecule is Cc1c(Cl)cccc1NC(=O)CCNc1ncccc1S(N)(=O)=O. The number of halogens is 1. The minimum absolute atomic E-state index is 0.115. The van der Waals surface area contributed by atoms with E-state index in [1.807, 2.05) is 6.92 Å². The van der Waals surface area contributed by atoms with Gasteiger partial charge in [-0.15, -0.1) is 0 Å². The molecule has 0 unspecified atom stereocenters. The van der Waals surface area contributed by atoms with Crippen molar-refractivity contribution in [3.05, 3.63) is 47.1 Å². The predicted octanol–water partition coefficient (Wildman–Crippen LogP) is 2.13. The van der Waals surface area contributed by atoms with Gasteiger partial charge in [0.05, 0.1) is 0 Å². The Hall–Kier alpha value is -2.16. The van der Waals surface area contributed by atoms with Crippen molar-refractivity contribution in [2.45, 2.75) is 18.2 Å². The van der Waals surface area contributed by atoms with Gasteiger partial charge >= 0.3 is 0 Å². The molecule has 128 valence electrons. The van der Waals surface area contributed by atoms with Crippen molar-refractivity contribution in [2.24, 2.45) is 5.14 Å². The first-order chi connectivity index (χ1) is 11.3.